The van der Waals surface area contributed by atoms with Gasteiger partial charge in [0.2, 0.25) is 0 Å². The molecule has 0 radical (unpaired) electrons. The van der Waals surface area contributed by atoms with Gasteiger partial charge >= 0.3 is 0 Å². The summed E-state index contributed by atoms with van der Waals surface area (Å²) < 4.78 is 5.85. The number of ether oxygens (including phenoxy) is 1. The van der Waals surface area contributed by atoms with E-state index in [9.17, 15) is 5.11 Å². The second-order valence-corrected chi connectivity index (χ2v) is 5.45. The lowest BCUT2D eigenvalue weighted by Crippen LogP contribution is -2.40. The normalized spacial score (nSPS) is 19.7. The standard InChI is InChI=1S/C15H22ClNO2/c1-2-8-19-14-4-3-7-17(10-14)15-9-13(16)6-5-12(15)11-18/h5-6,9,14,18H,2-4,7-8,10-11H2,1H3. The molecule has 1 fully saturated rings. The minimum Gasteiger partial charge on any atom is -0.392 e. The summed E-state index contributed by atoms with van der Waals surface area (Å²) in [4.78, 5) is 2.28. The van der Waals surface area contributed by atoms with Crippen molar-refractivity contribution in [3.63, 3.8) is 0 Å². The number of nitrogens with zero attached hydrogens (tertiary/aromatic N) is 1. The molecule has 0 spiro atoms. The van der Waals surface area contributed by atoms with Crippen molar-refractivity contribution in [3.05, 3.63) is 28.8 Å². The van der Waals surface area contributed by atoms with Crippen LogP contribution in [0.15, 0.2) is 18.2 Å². The first kappa shape index (κ1) is 14.6. The van der Waals surface area contributed by atoms with Gasteiger partial charge in [0.1, 0.15) is 0 Å². The zero-order valence-electron chi connectivity index (χ0n) is 11.4. The van der Waals surface area contributed by atoms with Crippen molar-refractivity contribution in [1.82, 2.24) is 0 Å². The highest BCUT2D eigenvalue weighted by molar-refractivity contribution is 6.30. The number of hydrogen-bond acceptors (Lipinski definition) is 3. The summed E-state index contributed by atoms with van der Waals surface area (Å²) in [7, 11) is 0. The number of halogens is 1. The number of aliphatic hydroxyl groups is 1. The summed E-state index contributed by atoms with van der Waals surface area (Å²) >= 11 is 6.07. The molecule has 1 aromatic carbocycles. The van der Waals surface area contributed by atoms with Crippen molar-refractivity contribution in [3.8, 4) is 0 Å². The van der Waals surface area contributed by atoms with E-state index in [1.165, 1.54) is 0 Å². The zero-order valence-corrected chi connectivity index (χ0v) is 12.2. The van der Waals surface area contributed by atoms with Crippen LogP contribution in [-0.2, 0) is 11.3 Å². The van der Waals surface area contributed by atoms with Crippen molar-refractivity contribution in [2.24, 2.45) is 0 Å². The Bertz CT molecular complexity index is 411. The predicted octanol–water partition coefficient (Wildman–Crippen LogP) is 3.23. The van der Waals surface area contributed by atoms with Gasteiger partial charge in [0.25, 0.3) is 0 Å². The van der Waals surface area contributed by atoms with Gasteiger partial charge in [-0.05, 0) is 31.4 Å². The number of hydrogen-bond donors (Lipinski definition) is 1. The Balaban J connectivity index is 2.10. The largest absolute Gasteiger partial charge is 0.392 e. The molecule has 1 heterocycles. The molecule has 1 aliphatic rings. The van der Waals surface area contributed by atoms with E-state index in [-0.39, 0.29) is 6.61 Å². The van der Waals surface area contributed by atoms with Crippen LogP contribution in [-0.4, -0.2) is 30.9 Å². The molecular weight excluding hydrogens is 262 g/mol. The van der Waals surface area contributed by atoms with Crippen molar-refractivity contribution >= 4 is 17.3 Å². The minimum absolute atomic E-state index is 0.0451. The maximum absolute atomic E-state index is 9.45. The van der Waals surface area contributed by atoms with E-state index in [0.29, 0.717) is 11.1 Å². The SMILES string of the molecule is CCCOC1CCCN(c2cc(Cl)ccc2CO)C1. The van der Waals surface area contributed by atoms with Crippen LogP contribution in [0.2, 0.25) is 5.02 Å². The van der Waals surface area contributed by atoms with Gasteiger partial charge < -0.3 is 14.7 Å². The molecule has 1 aromatic rings. The second-order valence-electron chi connectivity index (χ2n) is 5.01. The Labute approximate surface area is 120 Å². The molecule has 0 aromatic heterocycles. The Morgan fingerprint density at radius 2 is 2.32 bits per heavy atom. The van der Waals surface area contributed by atoms with Crippen molar-refractivity contribution in [2.75, 3.05) is 24.6 Å². The fourth-order valence-corrected chi connectivity index (χ4v) is 2.71. The highest BCUT2D eigenvalue weighted by Gasteiger charge is 2.22. The predicted molar refractivity (Wildman–Crippen MR) is 78.9 cm³/mol. The fourth-order valence-electron chi connectivity index (χ4n) is 2.54. The highest BCUT2D eigenvalue weighted by atomic mass is 35.5. The van der Waals surface area contributed by atoms with Gasteiger partial charge in [0.15, 0.2) is 0 Å². The molecule has 0 aliphatic carbocycles. The second kappa shape index (κ2) is 7.13. The van der Waals surface area contributed by atoms with Gasteiger partial charge in [0.05, 0.1) is 12.7 Å². The lowest BCUT2D eigenvalue weighted by Gasteiger charge is -2.35. The van der Waals surface area contributed by atoms with Crippen LogP contribution in [0.4, 0.5) is 5.69 Å². The summed E-state index contributed by atoms with van der Waals surface area (Å²) in [6, 6.07) is 5.66. The topological polar surface area (TPSA) is 32.7 Å². The summed E-state index contributed by atoms with van der Waals surface area (Å²) in [6.07, 6.45) is 3.58. The Hall–Kier alpha value is -0.770. The average molecular weight is 284 g/mol. The van der Waals surface area contributed by atoms with Crippen LogP contribution in [0.25, 0.3) is 0 Å². The van der Waals surface area contributed by atoms with Gasteiger partial charge in [0, 0.05) is 36.0 Å². The molecule has 0 saturated carbocycles. The van der Waals surface area contributed by atoms with Crippen LogP contribution in [0.5, 0.6) is 0 Å². The molecule has 1 aliphatic heterocycles. The van der Waals surface area contributed by atoms with E-state index in [4.69, 9.17) is 16.3 Å². The molecular formula is C15H22ClNO2. The van der Waals surface area contributed by atoms with Gasteiger partial charge in [-0.25, -0.2) is 0 Å². The molecule has 1 saturated heterocycles. The number of benzene rings is 1. The highest BCUT2D eigenvalue weighted by Crippen LogP contribution is 2.28. The summed E-state index contributed by atoms with van der Waals surface area (Å²) in [6.45, 7) is 4.87. The van der Waals surface area contributed by atoms with E-state index in [1.54, 1.807) is 0 Å². The smallest absolute Gasteiger partial charge is 0.0750 e. The van der Waals surface area contributed by atoms with E-state index in [2.05, 4.69) is 11.8 Å². The van der Waals surface area contributed by atoms with Gasteiger partial charge in [-0.1, -0.05) is 24.6 Å². The molecule has 3 nitrogen and oxygen atoms in total. The summed E-state index contributed by atoms with van der Waals surface area (Å²) in [5.74, 6) is 0. The van der Waals surface area contributed by atoms with E-state index in [1.807, 2.05) is 18.2 Å². The van der Waals surface area contributed by atoms with Gasteiger partial charge in [-0.3, -0.25) is 0 Å². The Kier molecular flexibility index (Phi) is 5.49. The van der Waals surface area contributed by atoms with Gasteiger partial charge in [-0.2, -0.15) is 0 Å². The maximum atomic E-state index is 9.45. The molecule has 0 bridgehead atoms. The summed E-state index contributed by atoms with van der Waals surface area (Å²) in [5.41, 5.74) is 1.97. The van der Waals surface area contributed by atoms with E-state index in [0.717, 1.165) is 50.2 Å². The maximum Gasteiger partial charge on any atom is 0.0750 e. The van der Waals surface area contributed by atoms with Crippen molar-refractivity contribution < 1.29 is 9.84 Å². The molecule has 106 valence electrons. The average Bonchev–Trinajstić information content (AvgIpc) is 2.45. The molecule has 19 heavy (non-hydrogen) atoms. The first-order chi connectivity index (χ1) is 9.24. The monoisotopic (exact) mass is 283 g/mol. The lowest BCUT2D eigenvalue weighted by molar-refractivity contribution is 0.0440. The number of aliphatic hydroxyl groups excluding tert-OH is 1. The lowest BCUT2D eigenvalue weighted by atomic mass is 10.1. The van der Waals surface area contributed by atoms with Gasteiger partial charge in [-0.15, -0.1) is 0 Å². The first-order valence-corrected chi connectivity index (χ1v) is 7.38. The number of rotatable bonds is 5. The Morgan fingerprint density at radius 1 is 1.47 bits per heavy atom. The minimum atomic E-state index is 0.0451. The Morgan fingerprint density at radius 3 is 3.05 bits per heavy atom. The van der Waals surface area contributed by atoms with Crippen molar-refractivity contribution in [2.45, 2.75) is 38.9 Å². The third kappa shape index (κ3) is 3.85. The molecule has 0 amide bonds. The number of piperidine rings is 1. The summed E-state index contributed by atoms with van der Waals surface area (Å²) in [5, 5.41) is 10.2. The van der Waals surface area contributed by atoms with Crippen LogP contribution < -0.4 is 4.90 Å². The third-order valence-electron chi connectivity index (χ3n) is 3.49. The van der Waals surface area contributed by atoms with Crippen LogP contribution in [0.1, 0.15) is 31.7 Å². The van der Waals surface area contributed by atoms with E-state index >= 15 is 0 Å². The first-order valence-electron chi connectivity index (χ1n) is 7.00. The fraction of sp³-hybridized carbons (Fsp3) is 0.600. The quantitative estimate of drug-likeness (QED) is 0.900. The molecule has 1 N–H and O–H groups in total. The van der Waals surface area contributed by atoms with Crippen LogP contribution >= 0.6 is 11.6 Å². The third-order valence-corrected chi connectivity index (χ3v) is 3.73. The molecule has 2 rings (SSSR count). The van der Waals surface area contributed by atoms with Crippen molar-refractivity contribution in [1.29, 1.82) is 0 Å². The van der Waals surface area contributed by atoms with Crippen LogP contribution in [0, 0.1) is 0 Å². The number of anilines is 1. The molecule has 1 atom stereocenters. The molecule has 4 heteroatoms. The molecule has 1 unspecified atom stereocenters. The van der Waals surface area contributed by atoms with Crippen LogP contribution in [0.3, 0.4) is 0 Å². The van der Waals surface area contributed by atoms with E-state index < -0.39 is 0 Å². The zero-order chi connectivity index (χ0) is 13.7.